The monoisotopic (exact) mass is 537 g/mol. The van der Waals surface area contributed by atoms with E-state index in [1.54, 1.807) is 13.1 Å². The number of nitrogens with zero attached hydrogens (tertiary/aromatic N) is 1. The number of carbonyl (C=O) groups excluding carboxylic acids is 1. The number of hydrogen-bond acceptors (Lipinski definition) is 2. The minimum absolute atomic E-state index is 0. The molecule has 1 heterocycles. The van der Waals surface area contributed by atoms with Gasteiger partial charge in [-0.2, -0.15) is 0 Å². The van der Waals surface area contributed by atoms with Crippen molar-refractivity contribution in [2.24, 2.45) is 10.9 Å². The molecule has 0 radical (unpaired) electrons. The first-order chi connectivity index (χ1) is 14.5. The van der Waals surface area contributed by atoms with Crippen molar-refractivity contribution in [2.75, 3.05) is 18.9 Å². The summed E-state index contributed by atoms with van der Waals surface area (Å²) in [4.78, 5) is 19.1. The summed E-state index contributed by atoms with van der Waals surface area (Å²) in [6.45, 7) is 5.05. The summed E-state index contributed by atoms with van der Waals surface area (Å²) in [5.74, 6) is 0.420. The largest absolute Gasteiger partial charge is 0.361 e. The fourth-order valence-electron chi connectivity index (χ4n) is 3.08. The number of rotatable bonds is 7. The average molecular weight is 537 g/mol. The van der Waals surface area contributed by atoms with Crippen LogP contribution in [0.1, 0.15) is 25.0 Å². The lowest BCUT2D eigenvalue weighted by atomic mass is 10.1. The third-order valence-electron chi connectivity index (χ3n) is 4.85. The quantitative estimate of drug-likeness (QED) is 0.205. The van der Waals surface area contributed by atoms with Gasteiger partial charge in [0.05, 0.1) is 0 Å². The normalized spacial score (nSPS) is 11.3. The molecule has 6 nitrogen and oxygen atoms in total. The molecule has 0 aliphatic heterocycles. The number of carbonyl (C=O) groups is 1. The van der Waals surface area contributed by atoms with E-state index in [-0.39, 0.29) is 41.6 Å². The summed E-state index contributed by atoms with van der Waals surface area (Å²) in [5.41, 5.74) is 3.81. The van der Waals surface area contributed by atoms with Gasteiger partial charge in [0.15, 0.2) is 5.96 Å². The topological polar surface area (TPSA) is 81.3 Å². The molecule has 3 rings (SSSR count). The second-order valence-corrected chi connectivity index (χ2v) is 7.45. The number of halogens is 2. The van der Waals surface area contributed by atoms with Gasteiger partial charge in [-0.15, -0.1) is 24.0 Å². The van der Waals surface area contributed by atoms with E-state index in [0.717, 1.165) is 34.1 Å². The standard InChI is InChI=1S/C23H28FN5O.HI/c1-15(2)22(30)29-19-7-4-16(5-8-19)13-28-23(25-3)26-11-10-17-14-27-21-12-18(24)6-9-20(17)21;/h4-9,12,14-15,27H,10-11,13H2,1-3H3,(H,29,30)(H2,25,26,28);1H. The zero-order chi connectivity index (χ0) is 21.5. The predicted octanol–water partition coefficient (Wildman–Crippen LogP) is 4.43. The molecule has 3 aromatic rings. The Hall–Kier alpha value is -2.62. The third-order valence-corrected chi connectivity index (χ3v) is 4.85. The van der Waals surface area contributed by atoms with E-state index in [1.165, 1.54) is 12.1 Å². The molecule has 0 aliphatic carbocycles. The van der Waals surface area contributed by atoms with Crippen LogP contribution < -0.4 is 16.0 Å². The summed E-state index contributed by atoms with van der Waals surface area (Å²) in [6.07, 6.45) is 2.71. The number of hydrogen-bond donors (Lipinski definition) is 4. The van der Waals surface area contributed by atoms with Crippen LogP contribution in [0.25, 0.3) is 10.9 Å². The summed E-state index contributed by atoms with van der Waals surface area (Å²) >= 11 is 0. The number of guanidine groups is 1. The van der Waals surface area contributed by atoms with Crippen molar-refractivity contribution in [2.45, 2.75) is 26.8 Å². The molecule has 0 aliphatic rings. The Morgan fingerprint density at radius 1 is 1.13 bits per heavy atom. The van der Waals surface area contributed by atoms with Crippen LogP contribution >= 0.6 is 24.0 Å². The Kier molecular flexibility index (Phi) is 9.29. The highest BCUT2D eigenvalue weighted by Gasteiger charge is 2.07. The summed E-state index contributed by atoms with van der Waals surface area (Å²) in [6, 6.07) is 12.5. The van der Waals surface area contributed by atoms with Gasteiger partial charge in [0.25, 0.3) is 0 Å². The van der Waals surface area contributed by atoms with Gasteiger partial charge in [0.1, 0.15) is 5.82 Å². The molecule has 0 saturated heterocycles. The molecular weight excluding hydrogens is 508 g/mol. The zero-order valence-corrected chi connectivity index (χ0v) is 20.3. The summed E-state index contributed by atoms with van der Waals surface area (Å²) < 4.78 is 13.3. The van der Waals surface area contributed by atoms with Crippen molar-refractivity contribution in [1.29, 1.82) is 0 Å². The fourth-order valence-corrected chi connectivity index (χ4v) is 3.08. The molecule has 0 unspecified atom stereocenters. The number of anilines is 1. The highest BCUT2D eigenvalue weighted by Crippen LogP contribution is 2.19. The molecule has 4 N–H and O–H groups in total. The molecule has 0 saturated carbocycles. The number of aromatic nitrogens is 1. The maximum atomic E-state index is 13.3. The Balaban J connectivity index is 0.00000341. The minimum Gasteiger partial charge on any atom is -0.361 e. The number of nitrogens with one attached hydrogen (secondary N) is 4. The van der Waals surface area contributed by atoms with Crippen molar-refractivity contribution in [3.63, 3.8) is 0 Å². The second-order valence-electron chi connectivity index (χ2n) is 7.45. The van der Waals surface area contributed by atoms with Gasteiger partial charge in [-0.25, -0.2) is 4.39 Å². The lowest BCUT2D eigenvalue weighted by Crippen LogP contribution is -2.37. The summed E-state index contributed by atoms with van der Waals surface area (Å²) in [7, 11) is 1.73. The van der Waals surface area contributed by atoms with Crippen LogP contribution in [0.5, 0.6) is 0 Å². The van der Waals surface area contributed by atoms with Gasteiger partial charge >= 0.3 is 0 Å². The van der Waals surface area contributed by atoms with Gasteiger partial charge < -0.3 is 20.9 Å². The van der Waals surface area contributed by atoms with E-state index in [4.69, 9.17) is 0 Å². The molecule has 1 aromatic heterocycles. The molecule has 31 heavy (non-hydrogen) atoms. The molecule has 0 spiro atoms. The zero-order valence-electron chi connectivity index (χ0n) is 18.0. The van der Waals surface area contributed by atoms with Crippen LogP contribution in [0.3, 0.4) is 0 Å². The lowest BCUT2D eigenvalue weighted by Gasteiger charge is -2.12. The third kappa shape index (κ3) is 6.95. The molecule has 0 fully saturated rings. The number of H-pyrrole nitrogens is 1. The molecule has 2 aromatic carbocycles. The molecule has 166 valence electrons. The maximum Gasteiger partial charge on any atom is 0.226 e. The first kappa shape index (κ1) is 24.6. The number of amides is 1. The Labute approximate surface area is 199 Å². The number of benzene rings is 2. The molecule has 1 amide bonds. The van der Waals surface area contributed by atoms with E-state index in [0.29, 0.717) is 19.0 Å². The lowest BCUT2D eigenvalue weighted by molar-refractivity contribution is -0.118. The second kappa shape index (κ2) is 11.7. The summed E-state index contributed by atoms with van der Waals surface area (Å²) in [5, 5.41) is 10.5. The van der Waals surface area contributed by atoms with Crippen LogP contribution in [0.15, 0.2) is 53.7 Å². The average Bonchev–Trinajstić information content (AvgIpc) is 3.13. The highest BCUT2D eigenvalue weighted by atomic mass is 127. The van der Waals surface area contributed by atoms with Gasteiger partial charge in [0, 0.05) is 48.8 Å². The van der Waals surface area contributed by atoms with E-state index < -0.39 is 0 Å². The number of aliphatic imine (C=N–C) groups is 1. The Morgan fingerprint density at radius 2 is 1.87 bits per heavy atom. The molecule has 0 bridgehead atoms. The van der Waals surface area contributed by atoms with Gasteiger partial charge in [-0.1, -0.05) is 26.0 Å². The van der Waals surface area contributed by atoms with Crippen LogP contribution in [0.4, 0.5) is 10.1 Å². The number of fused-ring (bicyclic) bond motifs is 1. The Bertz CT molecular complexity index is 1030. The van der Waals surface area contributed by atoms with Crippen molar-refractivity contribution in [1.82, 2.24) is 15.6 Å². The van der Waals surface area contributed by atoms with Crippen molar-refractivity contribution < 1.29 is 9.18 Å². The smallest absolute Gasteiger partial charge is 0.226 e. The van der Waals surface area contributed by atoms with E-state index >= 15 is 0 Å². The van der Waals surface area contributed by atoms with Gasteiger partial charge in [-0.3, -0.25) is 9.79 Å². The van der Waals surface area contributed by atoms with E-state index in [2.05, 4.69) is 25.9 Å². The van der Waals surface area contributed by atoms with Crippen LogP contribution in [0.2, 0.25) is 0 Å². The van der Waals surface area contributed by atoms with Gasteiger partial charge in [0.2, 0.25) is 5.91 Å². The number of aromatic amines is 1. The van der Waals surface area contributed by atoms with E-state index in [9.17, 15) is 9.18 Å². The maximum absolute atomic E-state index is 13.3. The molecular formula is C23H29FIN5O. The van der Waals surface area contributed by atoms with Crippen LogP contribution in [-0.2, 0) is 17.8 Å². The Morgan fingerprint density at radius 3 is 2.55 bits per heavy atom. The van der Waals surface area contributed by atoms with Gasteiger partial charge in [-0.05, 0) is 47.9 Å². The first-order valence-corrected chi connectivity index (χ1v) is 10.1. The fraction of sp³-hybridized carbons (Fsp3) is 0.304. The van der Waals surface area contributed by atoms with Crippen LogP contribution in [-0.4, -0.2) is 30.4 Å². The van der Waals surface area contributed by atoms with E-state index in [1.807, 2.05) is 44.3 Å². The van der Waals surface area contributed by atoms with Crippen molar-refractivity contribution in [3.05, 3.63) is 65.6 Å². The molecule has 8 heteroatoms. The first-order valence-electron chi connectivity index (χ1n) is 10.1. The highest BCUT2D eigenvalue weighted by molar-refractivity contribution is 14.0. The van der Waals surface area contributed by atoms with Crippen LogP contribution in [0, 0.1) is 11.7 Å². The minimum atomic E-state index is -0.242. The van der Waals surface area contributed by atoms with Crippen molar-refractivity contribution in [3.8, 4) is 0 Å². The molecule has 0 atom stereocenters. The predicted molar refractivity (Wildman–Crippen MR) is 135 cm³/mol. The SMILES string of the molecule is CN=C(NCCc1c[nH]c2cc(F)ccc12)NCc1ccc(NC(=O)C(C)C)cc1.I. The van der Waals surface area contributed by atoms with Crippen molar-refractivity contribution >= 4 is 52.4 Å².